The van der Waals surface area contributed by atoms with Gasteiger partial charge in [0, 0.05) is 11.5 Å². The molecule has 3 rings (SSSR count). The van der Waals surface area contributed by atoms with E-state index in [4.69, 9.17) is 5.73 Å². The molecule has 104 valence electrons. The summed E-state index contributed by atoms with van der Waals surface area (Å²) in [5.41, 5.74) is 8.23. The van der Waals surface area contributed by atoms with E-state index in [0.29, 0.717) is 5.03 Å². The molecule has 0 aliphatic carbocycles. The van der Waals surface area contributed by atoms with Crippen molar-refractivity contribution in [3.63, 3.8) is 0 Å². The van der Waals surface area contributed by atoms with E-state index in [1.54, 1.807) is 10.9 Å². The Hall–Kier alpha value is -2.53. The lowest BCUT2D eigenvalue weighted by Crippen LogP contribution is -2.08. The van der Waals surface area contributed by atoms with Crippen LogP contribution in [0.4, 0.5) is 0 Å². The zero-order chi connectivity index (χ0) is 14.8. The van der Waals surface area contributed by atoms with Crippen molar-refractivity contribution >= 4 is 34.5 Å². The molecule has 3 aromatic rings. The third kappa shape index (κ3) is 2.55. The molecule has 2 N–H and O–H groups in total. The van der Waals surface area contributed by atoms with Gasteiger partial charge in [0.1, 0.15) is 5.03 Å². The fraction of sp³-hybridized carbons (Fsp3) is 0. The van der Waals surface area contributed by atoms with Crippen LogP contribution in [-0.4, -0.2) is 15.7 Å². The Morgan fingerprint density at radius 3 is 2.62 bits per heavy atom. The van der Waals surface area contributed by atoms with Crippen LogP contribution in [0.15, 0.2) is 60.8 Å². The average Bonchev–Trinajstić information content (AvgIpc) is 2.91. The van der Waals surface area contributed by atoms with E-state index >= 15 is 0 Å². The van der Waals surface area contributed by atoms with Crippen LogP contribution in [-0.2, 0) is 4.79 Å². The lowest BCUT2D eigenvalue weighted by Gasteiger charge is -2.05. The number of aromatic nitrogens is 2. The standard InChI is InChI=1S/C16H13N3OS/c17-15(20)9-16(21)19-14-8-4-7-12(13(14)10-18-19)11-5-2-1-3-6-11/h1-10,21H,(H2,17,20)/b16-9-. The first-order chi connectivity index (χ1) is 10.2. The molecule has 0 radical (unpaired) electrons. The quantitative estimate of drug-likeness (QED) is 0.576. The summed E-state index contributed by atoms with van der Waals surface area (Å²) in [6.45, 7) is 0. The number of carbonyl (C=O) groups excluding carboxylic acids is 1. The maximum atomic E-state index is 11.0. The number of fused-ring (bicyclic) bond motifs is 1. The summed E-state index contributed by atoms with van der Waals surface area (Å²) in [5.74, 6) is -0.553. The molecule has 0 atom stereocenters. The van der Waals surface area contributed by atoms with Crippen molar-refractivity contribution in [1.82, 2.24) is 9.78 Å². The van der Waals surface area contributed by atoms with Gasteiger partial charge >= 0.3 is 0 Å². The van der Waals surface area contributed by atoms with Crippen molar-refractivity contribution in [2.45, 2.75) is 0 Å². The van der Waals surface area contributed by atoms with Crippen LogP contribution >= 0.6 is 12.6 Å². The molecular weight excluding hydrogens is 282 g/mol. The van der Waals surface area contributed by atoms with E-state index in [1.165, 1.54) is 6.08 Å². The molecule has 0 spiro atoms. The van der Waals surface area contributed by atoms with Gasteiger partial charge in [-0.25, -0.2) is 4.68 Å². The third-order valence-corrected chi connectivity index (χ3v) is 3.51. The van der Waals surface area contributed by atoms with Gasteiger partial charge in [0.25, 0.3) is 0 Å². The highest BCUT2D eigenvalue weighted by Crippen LogP contribution is 2.29. The summed E-state index contributed by atoms with van der Waals surface area (Å²) < 4.78 is 1.59. The monoisotopic (exact) mass is 295 g/mol. The fourth-order valence-electron chi connectivity index (χ4n) is 2.29. The summed E-state index contributed by atoms with van der Waals surface area (Å²) in [6, 6.07) is 16.0. The minimum absolute atomic E-state index is 0.391. The van der Waals surface area contributed by atoms with Gasteiger partial charge in [0.2, 0.25) is 5.91 Å². The van der Waals surface area contributed by atoms with E-state index in [9.17, 15) is 4.79 Å². The van der Waals surface area contributed by atoms with Crippen LogP contribution in [0.3, 0.4) is 0 Å². The molecule has 0 aliphatic rings. The molecule has 0 saturated heterocycles. The van der Waals surface area contributed by atoms with Crippen molar-refractivity contribution in [3.8, 4) is 11.1 Å². The van der Waals surface area contributed by atoms with Crippen molar-refractivity contribution in [2.75, 3.05) is 0 Å². The molecule has 0 bridgehead atoms. The number of carbonyl (C=O) groups is 1. The number of nitrogens with zero attached hydrogens (tertiary/aromatic N) is 2. The minimum Gasteiger partial charge on any atom is -0.366 e. The van der Waals surface area contributed by atoms with Crippen LogP contribution in [0.25, 0.3) is 27.1 Å². The summed E-state index contributed by atoms with van der Waals surface area (Å²) in [4.78, 5) is 11.0. The first-order valence-electron chi connectivity index (χ1n) is 6.39. The van der Waals surface area contributed by atoms with Crippen molar-refractivity contribution in [3.05, 3.63) is 60.8 Å². The summed E-state index contributed by atoms with van der Waals surface area (Å²) >= 11 is 4.28. The summed E-state index contributed by atoms with van der Waals surface area (Å²) in [5, 5.41) is 5.68. The Morgan fingerprint density at radius 2 is 1.90 bits per heavy atom. The van der Waals surface area contributed by atoms with Gasteiger partial charge in [0.05, 0.1) is 11.7 Å². The van der Waals surface area contributed by atoms with Gasteiger partial charge < -0.3 is 5.73 Å². The van der Waals surface area contributed by atoms with E-state index in [0.717, 1.165) is 22.0 Å². The fourth-order valence-corrected chi connectivity index (χ4v) is 2.58. The van der Waals surface area contributed by atoms with Gasteiger partial charge in [-0.15, -0.1) is 12.6 Å². The molecular formula is C16H13N3OS. The predicted octanol–water partition coefficient (Wildman–Crippen LogP) is 2.92. The number of benzene rings is 2. The molecule has 21 heavy (non-hydrogen) atoms. The molecule has 0 saturated carbocycles. The van der Waals surface area contributed by atoms with Crippen LogP contribution in [0.5, 0.6) is 0 Å². The van der Waals surface area contributed by atoms with Crippen LogP contribution in [0, 0.1) is 0 Å². The Bertz CT molecular complexity index is 837. The van der Waals surface area contributed by atoms with Crippen molar-refractivity contribution in [2.24, 2.45) is 5.73 Å². The molecule has 1 amide bonds. The SMILES string of the molecule is NC(=O)/C=C(\S)n1ncc2c(-c3ccccc3)cccc21. The molecule has 0 fully saturated rings. The number of amides is 1. The molecule has 0 aliphatic heterocycles. The van der Waals surface area contributed by atoms with E-state index in [-0.39, 0.29) is 0 Å². The Kier molecular flexibility index (Phi) is 3.50. The Labute approximate surface area is 127 Å². The van der Waals surface area contributed by atoms with E-state index in [1.807, 2.05) is 48.5 Å². The highest BCUT2D eigenvalue weighted by atomic mass is 32.1. The van der Waals surface area contributed by atoms with Crippen molar-refractivity contribution in [1.29, 1.82) is 0 Å². The number of hydrogen-bond donors (Lipinski definition) is 2. The smallest absolute Gasteiger partial charge is 0.244 e. The predicted molar refractivity (Wildman–Crippen MR) is 87.6 cm³/mol. The number of nitrogens with two attached hydrogens (primary N) is 1. The number of hydrogen-bond acceptors (Lipinski definition) is 3. The van der Waals surface area contributed by atoms with Gasteiger partial charge in [-0.05, 0) is 17.2 Å². The topological polar surface area (TPSA) is 60.9 Å². The lowest BCUT2D eigenvalue weighted by molar-refractivity contribution is -0.113. The van der Waals surface area contributed by atoms with Crippen LogP contribution in [0.2, 0.25) is 0 Å². The first kappa shape index (κ1) is 13.5. The van der Waals surface area contributed by atoms with Gasteiger partial charge in [0.15, 0.2) is 0 Å². The minimum atomic E-state index is -0.553. The maximum Gasteiger partial charge on any atom is 0.244 e. The lowest BCUT2D eigenvalue weighted by atomic mass is 10.0. The molecule has 1 aromatic heterocycles. The molecule has 2 aromatic carbocycles. The third-order valence-electron chi connectivity index (χ3n) is 3.19. The number of thiol groups is 1. The second kappa shape index (κ2) is 5.46. The molecule has 5 heteroatoms. The van der Waals surface area contributed by atoms with E-state index < -0.39 is 5.91 Å². The Balaban J connectivity index is 2.20. The second-order valence-electron chi connectivity index (χ2n) is 4.57. The zero-order valence-corrected chi connectivity index (χ0v) is 12.0. The maximum absolute atomic E-state index is 11.0. The highest BCUT2D eigenvalue weighted by Gasteiger charge is 2.10. The van der Waals surface area contributed by atoms with Gasteiger partial charge in [-0.3, -0.25) is 4.79 Å². The second-order valence-corrected chi connectivity index (χ2v) is 5.02. The first-order valence-corrected chi connectivity index (χ1v) is 6.84. The highest BCUT2D eigenvalue weighted by molar-refractivity contribution is 7.90. The number of primary amides is 1. The van der Waals surface area contributed by atoms with Crippen molar-refractivity contribution < 1.29 is 4.79 Å². The molecule has 0 unspecified atom stereocenters. The molecule has 1 heterocycles. The summed E-state index contributed by atoms with van der Waals surface area (Å²) in [7, 11) is 0. The summed E-state index contributed by atoms with van der Waals surface area (Å²) in [6.07, 6.45) is 3.01. The van der Waals surface area contributed by atoms with Crippen LogP contribution in [0.1, 0.15) is 0 Å². The largest absolute Gasteiger partial charge is 0.366 e. The number of rotatable bonds is 3. The van der Waals surface area contributed by atoms with Gasteiger partial charge in [-0.2, -0.15) is 5.10 Å². The van der Waals surface area contributed by atoms with E-state index in [2.05, 4.69) is 17.7 Å². The van der Waals surface area contributed by atoms with Gasteiger partial charge in [-0.1, -0.05) is 42.5 Å². The van der Waals surface area contributed by atoms with Crippen LogP contribution < -0.4 is 5.73 Å². The average molecular weight is 295 g/mol. The zero-order valence-electron chi connectivity index (χ0n) is 11.1. The normalized spacial score (nSPS) is 11.8. The Morgan fingerprint density at radius 1 is 1.14 bits per heavy atom. The molecule has 4 nitrogen and oxygen atoms in total.